The number of phenolic OH excluding ortho intramolecular Hbond substituents is 1. The van der Waals surface area contributed by atoms with Crippen LogP contribution in [0.15, 0.2) is 54.6 Å². The zero-order chi connectivity index (χ0) is 20.1. The molecule has 3 aromatic rings. The number of methoxy groups -OCH3 is 1. The maximum absolute atomic E-state index is 9.35. The Morgan fingerprint density at radius 3 is 2.36 bits per heavy atom. The van der Waals surface area contributed by atoms with E-state index in [9.17, 15) is 5.11 Å². The molecule has 0 aromatic heterocycles. The second-order valence-electron chi connectivity index (χ2n) is 6.03. The van der Waals surface area contributed by atoms with Gasteiger partial charge in [0.2, 0.25) is 0 Å². The van der Waals surface area contributed by atoms with Crippen LogP contribution >= 0.6 is 34.8 Å². The maximum atomic E-state index is 9.35. The van der Waals surface area contributed by atoms with E-state index in [-0.39, 0.29) is 12.4 Å². The quantitative estimate of drug-likeness (QED) is 0.411. The summed E-state index contributed by atoms with van der Waals surface area (Å²) in [6.07, 6.45) is 0. The molecular formula is C21H18Cl3NO3. The topological polar surface area (TPSA) is 50.7 Å². The average molecular weight is 439 g/mol. The van der Waals surface area contributed by atoms with Crippen molar-refractivity contribution in [2.75, 3.05) is 12.4 Å². The number of hydrogen-bond acceptors (Lipinski definition) is 4. The Morgan fingerprint density at radius 2 is 1.68 bits per heavy atom. The van der Waals surface area contributed by atoms with Crippen molar-refractivity contribution in [3.63, 3.8) is 0 Å². The van der Waals surface area contributed by atoms with Crippen LogP contribution in [0.3, 0.4) is 0 Å². The lowest BCUT2D eigenvalue weighted by Crippen LogP contribution is -2.03. The highest BCUT2D eigenvalue weighted by Gasteiger charge is 2.13. The van der Waals surface area contributed by atoms with E-state index in [4.69, 9.17) is 44.3 Å². The SMILES string of the molecule is COc1cc(CNc2ccc(O)cc2)cc(Cl)c1OCc1ccc(Cl)cc1Cl. The second kappa shape index (κ2) is 9.28. The van der Waals surface area contributed by atoms with Crippen LogP contribution < -0.4 is 14.8 Å². The molecule has 3 aromatic carbocycles. The van der Waals surface area contributed by atoms with Crippen LogP contribution in [0.25, 0.3) is 0 Å². The van der Waals surface area contributed by atoms with Crippen LogP contribution in [-0.2, 0) is 13.2 Å². The fourth-order valence-corrected chi connectivity index (χ4v) is 3.34. The van der Waals surface area contributed by atoms with Gasteiger partial charge in [-0.05, 0) is 54.1 Å². The molecule has 146 valence electrons. The molecule has 0 amide bonds. The molecule has 2 N–H and O–H groups in total. The largest absolute Gasteiger partial charge is 0.508 e. The number of ether oxygens (including phenoxy) is 2. The lowest BCUT2D eigenvalue weighted by atomic mass is 10.2. The second-order valence-corrected chi connectivity index (χ2v) is 7.28. The molecule has 0 radical (unpaired) electrons. The van der Waals surface area contributed by atoms with Gasteiger partial charge in [-0.25, -0.2) is 0 Å². The summed E-state index contributed by atoms with van der Waals surface area (Å²) in [5.74, 6) is 1.20. The van der Waals surface area contributed by atoms with Crippen molar-refractivity contribution in [1.82, 2.24) is 0 Å². The standard InChI is InChI=1S/C21H18Cl3NO3/c1-27-20-9-13(11-25-16-4-6-17(26)7-5-16)8-19(24)21(20)28-12-14-2-3-15(22)10-18(14)23/h2-10,25-26H,11-12H2,1H3. The van der Waals surface area contributed by atoms with Crippen molar-refractivity contribution in [2.24, 2.45) is 0 Å². The van der Waals surface area contributed by atoms with Crippen molar-refractivity contribution in [2.45, 2.75) is 13.2 Å². The van der Waals surface area contributed by atoms with Crippen LogP contribution in [0.2, 0.25) is 15.1 Å². The Morgan fingerprint density at radius 1 is 0.929 bits per heavy atom. The molecule has 0 heterocycles. The lowest BCUT2D eigenvalue weighted by molar-refractivity contribution is 0.284. The van der Waals surface area contributed by atoms with Crippen LogP contribution in [0.1, 0.15) is 11.1 Å². The van der Waals surface area contributed by atoms with Crippen LogP contribution in [0.4, 0.5) is 5.69 Å². The van der Waals surface area contributed by atoms with E-state index in [1.54, 1.807) is 49.6 Å². The van der Waals surface area contributed by atoms with Gasteiger partial charge in [-0.2, -0.15) is 0 Å². The summed E-state index contributed by atoms with van der Waals surface area (Å²) in [5.41, 5.74) is 2.60. The first kappa shape index (κ1) is 20.5. The first-order valence-electron chi connectivity index (χ1n) is 8.42. The van der Waals surface area contributed by atoms with E-state index >= 15 is 0 Å². The Hall–Kier alpha value is -2.27. The Kier molecular flexibility index (Phi) is 6.79. The highest BCUT2D eigenvalue weighted by molar-refractivity contribution is 6.35. The smallest absolute Gasteiger partial charge is 0.180 e. The highest BCUT2D eigenvalue weighted by Crippen LogP contribution is 2.37. The van der Waals surface area contributed by atoms with Gasteiger partial charge in [-0.3, -0.25) is 0 Å². The molecule has 0 bridgehead atoms. The molecule has 0 unspecified atom stereocenters. The summed E-state index contributed by atoms with van der Waals surface area (Å²) in [6, 6.07) is 15.7. The summed E-state index contributed by atoms with van der Waals surface area (Å²) in [5, 5.41) is 14.1. The Labute approximate surface area is 178 Å². The summed E-state index contributed by atoms with van der Waals surface area (Å²) in [7, 11) is 1.56. The van der Waals surface area contributed by atoms with Crippen molar-refractivity contribution in [3.8, 4) is 17.2 Å². The molecular weight excluding hydrogens is 421 g/mol. The van der Waals surface area contributed by atoms with Gasteiger partial charge < -0.3 is 19.9 Å². The van der Waals surface area contributed by atoms with E-state index in [0.29, 0.717) is 33.1 Å². The zero-order valence-electron chi connectivity index (χ0n) is 15.0. The summed E-state index contributed by atoms with van der Waals surface area (Å²) in [6.45, 7) is 0.765. The van der Waals surface area contributed by atoms with Gasteiger partial charge in [0, 0.05) is 27.8 Å². The molecule has 0 aliphatic rings. The molecule has 0 spiro atoms. The summed E-state index contributed by atoms with van der Waals surface area (Å²) >= 11 is 18.5. The fourth-order valence-electron chi connectivity index (χ4n) is 2.59. The number of halogens is 3. The number of aromatic hydroxyl groups is 1. The Bertz CT molecular complexity index is 962. The summed E-state index contributed by atoms with van der Waals surface area (Å²) < 4.78 is 11.3. The third kappa shape index (κ3) is 5.16. The number of anilines is 1. The van der Waals surface area contributed by atoms with Crippen molar-refractivity contribution in [3.05, 3.63) is 80.8 Å². The molecule has 3 rings (SSSR count). The first-order valence-corrected chi connectivity index (χ1v) is 9.55. The molecule has 0 atom stereocenters. The van der Waals surface area contributed by atoms with Gasteiger partial charge in [0.25, 0.3) is 0 Å². The highest BCUT2D eigenvalue weighted by atomic mass is 35.5. The van der Waals surface area contributed by atoms with Gasteiger partial charge in [-0.1, -0.05) is 40.9 Å². The van der Waals surface area contributed by atoms with Crippen molar-refractivity contribution >= 4 is 40.5 Å². The number of nitrogens with one attached hydrogen (secondary N) is 1. The van der Waals surface area contributed by atoms with E-state index in [2.05, 4.69) is 5.32 Å². The van der Waals surface area contributed by atoms with E-state index in [1.165, 1.54) is 0 Å². The molecule has 0 saturated carbocycles. The fraction of sp³-hybridized carbons (Fsp3) is 0.143. The number of phenols is 1. The van der Waals surface area contributed by atoms with E-state index in [0.717, 1.165) is 16.8 Å². The number of benzene rings is 3. The molecule has 28 heavy (non-hydrogen) atoms. The minimum atomic E-state index is 0.220. The summed E-state index contributed by atoms with van der Waals surface area (Å²) in [4.78, 5) is 0. The van der Waals surface area contributed by atoms with Gasteiger partial charge >= 0.3 is 0 Å². The molecule has 0 saturated heterocycles. The Balaban J connectivity index is 1.72. The minimum absolute atomic E-state index is 0.220. The van der Waals surface area contributed by atoms with Gasteiger partial charge in [0.1, 0.15) is 12.4 Å². The van der Waals surface area contributed by atoms with Crippen LogP contribution in [0.5, 0.6) is 17.2 Å². The van der Waals surface area contributed by atoms with Crippen LogP contribution in [-0.4, -0.2) is 12.2 Å². The molecule has 4 nitrogen and oxygen atoms in total. The van der Waals surface area contributed by atoms with Crippen LogP contribution in [0, 0.1) is 0 Å². The minimum Gasteiger partial charge on any atom is -0.508 e. The lowest BCUT2D eigenvalue weighted by Gasteiger charge is -2.15. The van der Waals surface area contributed by atoms with Gasteiger partial charge in [-0.15, -0.1) is 0 Å². The monoisotopic (exact) mass is 437 g/mol. The van der Waals surface area contributed by atoms with Gasteiger partial charge in [0.05, 0.1) is 12.1 Å². The number of hydrogen-bond donors (Lipinski definition) is 2. The average Bonchev–Trinajstić information content (AvgIpc) is 2.67. The van der Waals surface area contributed by atoms with Gasteiger partial charge in [0.15, 0.2) is 11.5 Å². The molecule has 0 fully saturated rings. The zero-order valence-corrected chi connectivity index (χ0v) is 17.3. The molecule has 0 aliphatic heterocycles. The first-order chi connectivity index (χ1) is 13.5. The molecule has 7 heteroatoms. The normalized spacial score (nSPS) is 10.6. The van der Waals surface area contributed by atoms with E-state index in [1.807, 2.05) is 12.1 Å². The third-order valence-corrected chi connectivity index (χ3v) is 4.91. The van der Waals surface area contributed by atoms with E-state index < -0.39 is 0 Å². The predicted molar refractivity (Wildman–Crippen MR) is 114 cm³/mol. The van der Waals surface area contributed by atoms with Crippen molar-refractivity contribution in [1.29, 1.82) is 0 Å². The van der Waals surface area contributed by atoms with Crippen molar-refractivity contribution < 1.29 is 14.6 Å². The molecule has 0 aliphatic carbocycles. The third-order valence-electron chi connectivity index (χ3n) is 4.04. The number of rotatable bonds is 7. The predicted octanol–water partition coefficient (Wildman–Crippen LogP) is 6.55. The maximum Gasteiger partial charge on any atom is 0.180 e.